The van der Waals surface area contributed by atoms with Gasteiger partial charge in [-0.1, -0.05) is 12.1 Å². The summed E-state index contributed by atoms with van der Waals surface area (Å²) in [6, 6.07) is 8.19. The van der Waals surface area contributed by atoms with Crippen LogP contribution in [0.25, 0.3) is 0 Å². The topological polar surface area (TPSA) is 76.7 Å². The summed E-state index contributed by atoms with van der Waals surface area (Å²) in [5.41, 5.74) is 2.47. The molecule has 33 heavy (non-hydrogen) atoms. The first-order valence-electron chi connectivity index (χ1n) is 10.6. The van der Waals surface area contributed by atoms with Crippen molar-refractivity contribution >= 4 is 17.4 Å². The van der Waals surface area contributed by atoms with Gasteiger partial charge in [0.1, 0.15) is 11.6 Å². The number of Topliss-reactive ketones (excluding diaryl/α,β-unsaturated/α-hetero) is 1. The van der Waals surface area contributed by atoms with E-state index in [2.05, 4.69) is 10.6 Å². The van der Waals surface area contributed by atoms with E-state index < -0.39 is 23.5 Å². The quantitative estimate of drug-likeness (QED) is 0.691. The minimum absolute atomic E-state index is 0.0654. The third kappa shape index (κ3) is 4.08. The minimum Gasteiger partial charge on any atom is -0.493 e. The molecule has 0 aromatic heterocycles. The van der Waals surface area contributed by atoms with Crippen molar-refractivity contribution in [2.45, 2.75) is 32.1 Å². The predicted octanol–water partition coefficient (Wildman–Crippen LogP) is 4.59. The molecule has 2 aromatic carbocycles. The SMILES string of the molecule is COc1cccc([C@@H]2C(C(=O)Nc3ccc(F)cc3F)=C(C)NC3=C2C(=O)CCC3)c1OC. The van der Waals surface area contributed by atoms with Crippen LogP contribution < -0.4 is 20.1 Å². The van der Waals surface area contributed by atoms with E-state index in [1.807, 2.05) is 0 Å². The largest absolute Gasteiger partial charge is 0.493 e. The van der Waals surface area contributed by atoms with Gasteiger partial charge in [0, 0.05) is 40.6 Å². The summed E-state index contributed by atoms with van der Waals surface area (Å²) in [6.07, 6.45) is 1.74. The molecule has 2 N–H and O–H groups in total. The molecular weight excluding hydrogens is 430 g/mol. The number of ketones is 1. The third-order valence-corrected chi connectivity index (χ3v) is 5.94. The normalized spacial score (nSPS) is 18.0. The second-order valence-electron chi connectivity index (χ2n) is 7.93. The maximum absolute atomic E-state index is 14.3. The Balaban J connectivity index is 1.86. The van der Waals surface area contributed by atoms with Crippen molar-refractivity contribution in [2.24, 2.45) is 0 Å². The Hall–Kier alpha value is -3.68. The monoisotopic (exact) mass is 454 g/mol. The number of halogens is 2. The van der Waals surface area contributed by atoms with E-state index in [0.717, 1.165) is 17.8 Å². The maximum Gasteiger partial charge on any atom is 0.254 e. The molecule has 0 fully saturated rings. The van der Waals surface area contributed by atoms with Crippen LogP contribution in [0, 0.1) is 11.6 Å². The van der Waals surface area contributed by atoms with E-state index in [-0.39, 0.29) is 17.0 Å². The fourth-order valence-corrected chi connectivity index (χ4v) is 4.52. The number of carbonyl (C=O) groups excluding carboxylic acids is 2. The van der Waals surface area contributed by atoms with Crippen LogP contribution in [0.2, 0.25) is 0 Å². The number of ether oxygens (including phenoxy) is 2. The number of hydrogen-bond donors (Lipinski definition) is 2. The summed E-state index contributed by atoms with van der Waals surface area (Å²) >= 11 is 0. The summed E-state index contributed by atoms with van der Waals surface area (Å²) in [4.78, 5) is 26.5. The number of nitrogens with one attached hydrogen (secondary N) is 2. The van der Waals surface area contributed by atoms with Gasteiger partial charge < -0.3 is 20.1 Å². The zero-order chi connectivity index (χ0) is 23.7. The first-order chi connectivity index (χ1) is 15.8. The lowest BCUT2D eigenvalue weighted by Gasteiger charge is -2.35. The van der Waals surface area contributed by atoms with Gasteiger partial charge in [-0.15, -0.1) is 0 Å². The van der Waals surface area contributed by atoms with Gasteiger partial charge in [-0.2, -0.15) is 0 Å². The highest BCUT2D eigenvalue weighted by Crippen LogP contribution is 2.47. The molecule has 6 nitrogen and oxygen atoms in total. The van der Waals surface area contributed by atoms with E-state index in [1.165, 1.54) is 14.2 Å². The van der Waals surface area contributed by atoms with Crippen molar-refractivity contribution in [3.63, 3.8) is 0 Å². The minimum atomic E-state index is -0.894. The van der Waals surface area contributed by atoms with E-state index in [4.69, 9.17) is 9.47 Å². The number of para-hydroxylation sites is 1. The average molecular weight is 454 g/mol. The Morgan fingerprint density at radius 2 is 1.91 bits per heavy atom. The molecule has 1 amide bonds. The molecule has 2 aliphatic rings. The Morgan fingerprint density at radius 3 is 2.61 bits per heavy atom. The molecule has 0 saturated heterocycles. The van der Waals surface area contributed by atoms with Gasteiger partial charge in [0.25, 0.3) is 5.91 Å². The number of hydrogen-bond acceptors (Lipinski definition) is 5. The average Bonchev–Trinajstić information content (AvgIpc) is 2.79. The molecule has 2 aromatic rings. The number of benzene rings is 2. The van der Waals surface area contributed by atoms with Gasteiger partial charge >= 0.3 is 0 Å². The van der Waals surface area contributed by atoms with Gasteiger partial charge in [0.2, 0.25) is 0 Å². The molecule has 172 valence electrons. The van der Waals surface area contributed by atoms with E-state index in [0.29, 0.717) is 53.7 Å². The number of dihydropyridines is 1. The van der Waals surface area contributed by atoms with Crippen LogP contribution in [0.15, 0.2) is 58.9 Å². The highest BCUT2D eigenvalue weighted by Gasteiger charge is 2.40. The van der Waals surface area contributed by atoms with Crippen molar-refractivity contribution in [3.05, 3.63) is 76.1 Å². The predicted molar refractivity (Wildman–Crippen MR) is 119 cm³/mol. The zero-order valence-electron chi connectivity index (χ0n) is 18.6. The van der Waals surface area contributed by atoms with Gasteiger partial charge in [-0.3, -0.25) is 9.59 Å². The standard InChI is InChI=1S/C25H24F2N2O4/c1-13-21(25(31)29-17-11-10-14(26)12-16(17)27)22(23-18(28-13)7-5-8-19(23)30)15-6-4-9-20(32-2)24(15)33-3/h4,6,9-12,22,28H,5,7-8H2,1-3H3,(H,29,31)/t22-/m1/s1. The van der Waals surface area contributed by atoms with Crippen LogP contribution in [0.5, 0.6) is 11.5 Å². The molecule has 1 atom stereocenters. The van der Waals surface area contributed by atoms with Gasteiger partial charge in [-0.05, 0) is 38.0 Å². The van der Waals surface area contributed by atoms with Crippen LogP contribution >= 0.6 is 0 Å². The third-order valence-electron chi connectivity index (χ3n) is 5.94. The van der Waals surface area contributed by atoms with Crippen molar-refractivity contribution < 1.29 is 27.8 Å². The lowest BCUT2D eigenvalue weighted by Crippen LogP contribution is -2.35. The Labute approximate surface area is 190 Å². The summed E-state index contributed by atoms with van der Waals surface area (Å²) in [5.74, 6) is -2.20. The lowest BCUT2D eigenvalue weighted by atomic mass is 9.74. The van der Waals surface area contributed by atoms with E-state index in [9.17, 15) is 18.4 Å². The van der Waals surface area contributed by atoms with E-state index >= 15 is 0 Å². The summed E-state index contributed by atoms with van der Waals surface area (Å²) in [5, 5.41) is 5.74. The number of rotatable bonds is 5. The molecular formula is C25H24F2N2O4. The Bertz CT molecular complexity index is 1200. The molecule has 1 aliphatic carbocycles. The van der Waals surface area contributed by atoms with Crippen molar-refractivity contribution in [2.75, 3.05) is 19.5 Å². The Kier molecular flexibility index (Phi) is 6.18. The van der Waals surface area contributed by atoms with Gasteiger partial charge in [0.05, 0.1) is 25.8 Å². The number of amides is 1. The molecule has 4 rings (SSSR count). The first kappa shape index (κ1) is 22.5. The molecule has 0 radical (unpaired) electrons. The number of carbonyl (C=O) groups is 2. The van der Waals surface area contributed by atoms with E-state index in [1.54, 1.807) is 25.1 Å². The van der Waals surface area contributed by atoms with Gasteiger partial charge in [-0.25, -0.2) is 8.78 Å². The van der Waals surface area contributed by atoms with Crippen LogP contribution in [0.4, 0.5) is 14.5 Å². The summed E-state index contributed by atoms with van der Waals surface area (Å²) in [6.45, 7) is 1.73. The summed E-state index contributed by atoms with van der Waals surface area (Å²) in [7, 11) is 3.00. The van der Waals surface area contributed by atoms with Crippen LogP contribution in [0.1, 0.15) is 37.7 Å². The molecule has 0 bridgehead atoms. The number of allylic oxidation sites excluding steroid dienone is 3. The highest BCUT2D eigenvalue weighted by atomic mass is 19.1. The zero-order valence-corrected chi connectivity index (χ0v) is 18.6. The fourth-order valence-electron chi connectivity index (χ4n) is 4.52. The molecule has 8 heteroatoms. The molecule has 0 unspecified atom stereocenters. The summed E-state index contributed by atoms with van der Waals surface area (Å²) < 4.78 is 38.6. The first-order valence-corrected chi connectivity index (χ1v) is 10.6. The second-order valence-corrected chi connectivity index (χ2v) is 7.93. The Morgan fingerprint density at radius 1 is 1.12 bits per heavy atom. The van der Waals surface area contributed by atoms with Crippen molar-refractivity contribution in [3.8, 4) is 11.5 Å². The number of anilines is 1. The maximum atomic E-state index is 14.3. The van der Waals surface area contributed by atoms with Crippen LogP contribution in [-0.4, -0.2) is 25.9 Å². The second kappa shape index (κ2) is 9.05. The fraction of sp³-hybridized carbons (Fsp3) is 0.280. The molecule has 1 heterocycles. The van der Waals surface area contributed by atoms with Crippen molar-refractivity contribution in [1.29, 1.82) is 0 Å². The van der Waals surface area contributed by atoms with Crippen LogP contribution in [-0.2, 0) is 9.59 Å². The van der Waals surface area contributed by atoms with Crippen molar-refractivity contribution in [1.82, 2.24) is 5.32 Å². The van der Waals surface area contributed by atoms with Crippen LogP contribution in [0.3, 0.4) is 0 Å². The number of methoxy groups -OCH3 is 2. The molecule has 0 spiro atoms. The smallest absolute Gasteiger partial charge is 0.254 e. The molecule has 0 saturated carbocycles. The lowest BCUT2D eigenvalue weighted by molar-refractivity contribution is -0.116. The highest BCUT2D eigenvalue weighted by molar-refractivity contribution is 6.10. The van der Waals surface area contributed by atoms with Gasteiger partial charge in [0.15, 0.2) is 17.3 Å². The molecule has 1 aliphatic heterocycles.